The van der Waals surface area contributed by atoms with Crippen LogP contribution in [-0.4, -0.2) is 78.2 Å². The van der Waals surface area contributed by atoms with Crippen molar-refractivity contribution in [3.8, 4) is 0 Å². The van der Waals surface area contributed by atoms with Crippen LogP contribution in [0, 0.1) is 11.8 Å². The topological polar surface area (TPSA) is 62.3 Å². The van der Waals surface area contributed by atoms with Crippen LogP contribution in [-0.2, 0) is 24.3 Å². The van der Waals surface area contributed by atoms with Crippen molar-refractivity contribution in [2.24, 2.45) is 11.8 Å². The highest BCUT2D eigenvalue weighted by Gasteiger charge is 2.57. The number of likely N-dealkylation sites (tertiary alicyclic amines) is 2. The van der Waals surface area contributed by atoms with Crippen LogP contribution >= 0.6 is 0 Å². The molecule has 2 amide bonds. The van der Waals surface area contributed by atoms with Crippen molar-refractivity contribution in [3.63, 3.8) is 0 Å². The predicted molar refractivity (Wildman–Crippen MR) is 150 cm³/mol. The Morgan fingerprint density at radius 2 is 1.53 bits per heavy atom. The minimum absolute atomic E-state index is 0.0920. The highest BCUT2D eigenvalue weighted by atomic mass is 16.7. The largest absolute Gasteiger partial charge is 0.494 e. The summed E-state index contributed by atoms with van der Waals surface area (Å²) >= 11 is 0. The summed E-state index contributed by atoms with van der Waals surface area (Å²) < 4.78 is 12.8. The fourth-order valence-corrected chi connectivity index (χ4v) is 7.32. The zero-order valence-corrected chi connectivity index (χ0v) is 24.3. The van der Waals surface area contributed by atoms with Gasteiger partial charge in [0.25, 0.3) is 0 Å². The molecule has 206 valence electrons. The molecule has 4 heterocycles. The number of rotatable bonds is 3. The molecule has 5 aliphatic rings. The normalized spacial score (nSPS) is 33.7. The summed E-state index contributed by atoms with van der Waals surface area (Å²) in [7, 11) is -0.458. The Morgan fingerprint density at radius 1 is 0.947 bits per heavy atom. The van der Waals surface area contributed by atoms with Crippen LogP contribution in [0.4, 0.5) is 5.69 Å². The van der Waals surface area contributed by atoms with Gasteiger partial charge in [0, 0.05) is 50.9 Å². The first kappa shape index (κ1) is 26.3. The van der Waals surface area contributed by atoms with E-state index in [9.17, 15) is 9.59 Å². The van der Waals surface area contributed by atoms with Crippen molar-refractivity contribution in [2.45, 2.75) is 103 Å². The second kappa shape index (κ2) is 8.80. The van der Waals surface area contributed by atoms with Gasteiger partial charge in [-0.25, -0.2) is 0 Å². The van der Waals surface area contributed by atoms with E-state index in [0.717, 1.165) is 41.4 Å². The Balaban J connectivity index is 1.30. The number of hydrogen-bond donors (Lipinski definition) is 0. The lowest BCUT2D eigenvalue weighted by Crippen LogP contribution is -2.57. The molecular weight excluding hydrogens is 477 g/mol. The highest BCUT2D eigenvalue weighted by molar-refractivity contribution is 6.62. The lowest BCUT2D eigenvalue weighted by Gasteiger charge is -2.46. The lowest BCUT2D eigenvalue weighted by molar-refractivity contribution is -0.134. The third kappa shape index (κ3) is 3.88. The first-order chi connectivity index (χ1) is 17.8. The molecule has 2 atom stereocenters. The summed E-state index contributed by atoms with van der Waals surface area (Å²) in [5.74, 6) is 1.79. The molecular formula is C30H44BN3O4. The average molecular weight is 522 g/mol. The summed E-state index contributed by atoms with van der Waals surface area (Å²) in [6.07, 6.45) is 3.42. The maximum Gasteiger partial charge on any atom is 0.494 e. The van der Waals surface area contributed by atoms with E-state index < -0.39 is 23.7 Å². The van der Waals surface area contributed by atoms with Gasteiger partial charge in [0.2, 0.25) is 11.8 Å². The van der Waals surface area contributed by atoms with Gasteiger partial charge in [-0.05, 0) is 82.3 Å². The Hall–Kier alpha value is -1.90. The number of amides is 2. The molecule has 1 aromatic carbocycles. The zero-order chi connectivity index (χ0) is 27.2. The van der Waals surface area contributed by atoms with Crippen molar-refractivity contribution in [1.82, 2.24) is 9.80 Å². The zero-order valence-electron chi connectivity index (χ0n) is 24.3. The number of hydrogen-bond acceptors (Lipinski definition) is 5. The van der Waals surface area contributed by atoms with E-state index in [1.807, 2.05) is 4.90 Å². The number of nitrogens with zero attached hydrogens (tertiary/aromatic N) is 3. The molecule has 0 unspecified atom stereocenters. The summed E-state index contributed by atoms with van der Waals surface area (Å²) in [4.78, 5) is 33.1. The van der Waals surface area contributed by atoms with Crippen molar-refractivity contribution >= 4 is 30.1 Å². The van der Waals surface area contributed by atoms with Crippen LogP contribution in [0.25, 0.3) is 0 Å². The molecule has 8 heteroatoms. The van der Waals surface area contributed by atoms with Crippen LogP contribution in [0.3, 0.4) is 0 Å². The molecule has 1 spiro atoms. The van der Waals surface area contributed by atoms with E-state index in [1.165, 1.54) is 13.1 Å². The summed E-state index contributed by atoms with van der Waals surface area (Å²) in [5, 5.41) is 0. The standard InChI is InChI=1S/C30H44BN3O4/c1-19-17-33(18-20(19)2)23-15-24(16-23)34-26-14-22(31-37-28(4,5)29(6,7)38-31)8-9-25(26)30(27(34)36)10-12-32(13-11-30)21(3)35/h8-9,14,19-20,23-24H,10-13,15-18H2,1-7H3/t19-,20+,23-,24+. The molecule has 6 rings (SSSR count). The van der Waals surface area contributed by atoms with Crippen molar-refractivity contribution in [2.75, 3.05) is 31.1 Å². The molecule has 38 heavy (non-hydrogen) atoms. The first-order valence-corrected chi connectivity index (χ1v) is 14.7. The van der Waals surface area contributed by atoms with Crippen molar-refractivity contribution in [3.05, 3.63) is 23.8 Å². The fourth-order valence-electron chi connectivity index (χ4n) is 7.32. The number of carbonyl (C=O) groups excluding carboxylic acids is 2. The monoisotopic (exact) mass is 521 g/mol. The molecule has 1 saturated carbocycles. The second-order valence-corrected chi connectivity index (χ2v) is 13.8. The van der Waals surface area contributed by atoms with E-state index in [1.54, 1.807) is 6.92 Å². The molecule has 0 radical (unpaired) electrons. The molecule has 4 aliphatic heterocycles. The van der Waals surface area contributed by atoms with Gasteiger partial charge in [-0.1, -0.05) is 26.0 Å². The maximum absolute atomic E-state index is 14.4. The Labute approximate surface area is 228 Å². The third-order valence-corrected chi connectivity index (χ3v) is 11.0. The van der Waals surface area contributed by atoms with E-state index in [0.29, 0.717) is 32.0 Å². The SMILES string of the molecule is CC(=O)N1CCC2(CC1)C(=O)N([C@H]1C[C@@H](N3C[C@@H](C)[C@@H](C)C3)C1)c1cc(B3OC(C)(C)C(C)(C)O3)ccc12. The lowest BCUT2D eigenvalue weighted by atomic mass is 9.71. The fraction of sp³-hybridized carbons (Fsp3) is 0.733. The highest BCUT2D eigenvalue weighted by Crippen LogP contribution is 2.51. The van der Waals surface area contributed by atoms with Gasteiger partial charge in [-0.15, -0.1) is 0 Å². The number of anilines is 1. The van der Waals surface area contributed by atoms with Crippen LogP contribution in [0.1, 0.15) is 79.7 Å². The molecule has 1 aromatic rings. The van der Waals surface area contributed by atoms with Crippen LogP contribution < -0.4 is 10.4 Å². The quantitative estimate of drug-likeness (QED) is 0.572. The molecule has 7 nitrogen and oxygen atoms in total. The number of carbonyl (C=O) groups is 2. The van der Waals surface area contributed by atoms with Gasteiger partial charge in [0.1, 0.15) is 0 Å². The number of benzene rings is 1. The Morgan fingerprint density at radius 3 is 2.08 bits per heavy atom. The van der Waals surface area contributed by atoms with Crippen LogP contribution in [0.15, 0.2) is 18.2 Å². The summed E-state index contributed by atoms with van der Waals surface area (Å²) in [5.41, 5.74) is 1.74. The smallest absolute Gasteiger partial charge is 0.399 e. The minimum atomic E-state index is -0.544. The molecule has 0 bridgehead atoms. The van der Waals surface area contributed by atoms with Gasteiger partial charge in [-0.3, -0.25) is 14.5 Å². The van der Waals surface area contributed by atoms with Gasteiger partial charge >= 0.3 is 7.12 Å². The maximum atomic E-state index is 14.4. The van der Waals surface area contributed by atoms with Gasteiger partial charge in [-0.2, -0.15) is 0 Å². The molecule has 3 saturated heterocycles. The minimum Gasteiger partial charge on any atom is -0.399 e. The van der Waals surface area contributed by atoms with E-state index in [4.69, 9.17) is 9.31 Å². The van der Waals surface area contributed by atoms with Crippen LogP contribution in [0.2, 0.25) is 0 Å². The first-order valence-electron chi connectivity index (χ1n) is 14.7. The molecule has 1 aliphatic carbocycles. The Bertz CT molecular complexity index is 1110. The number of piperidine rings is 1. The molecule has 4 fully saturated rings. The van der Waals surface area contributed by atoms with Crippen molar-refractivity contribution in [1.29, 1.82) is 0 Å². The second-order valence-electron chi connectivity index (χ2n) is 13.8. The summed E-state index contributed by atoms with van der Waals surface area (Å²) in [6, 6.07) is 7.18. The Kier molecular flexibility index (Phi) is 6.10. The van der Waals surface area contributed by atoms with E-state index in [-0.39, 0.29) is 17.9 Å². The molecule has 0 aromatic heterocycles. The van der Waals surface area contributed by atoms with Gasteiger partial charge in [0.15, 0.2) is 0 Å². The van der Waals surface area contributed by atoms with Crippen LogP contribution in [0.5, 0.6) is 0 Å². The van der Waals surface area contributed by atoms with Crippen molar-refractivity contribution < 1.29 is 18.9 Å². The third-order valence-electron chi connectivity index (χ3n) is 11.0. The van der Waals surface area contributed by atoms with Gasteiger partial charge < -0.3 is 19.1 Å². The van der Waals surface area contributed by atoms with E-state index in [2.05, 4.69) is 69.5 Å². The average Bonchev–Trinajstić information content (AvgIpc) is 3.35. The van der Waals surface area contributed by atoms with Gasteiger partial charge in [0.05, 0.1) is 16.6 Å². The molecule has 0 N–H and O–H groups in total. The summed E-state index contributed by atoms with van der Waals surface area (Å²) in [6.45, 7) is 18.2. The number of fused-ring (bicyclic) bond motifs is 2. The predicted octanol–water partition coefficient (Wildman–Crippen LogP) is 3.33. The van der Waals surface area contributed by atoms with E-state index >= 15 is 0 Å².